The van der Waals surface area contributed by atoms with Crippen molar-refractivity contribution in [2.75, 3.05) is 0 Å². The van der Waals surface area contributed by atoms with Crippen molar-refractivity contribution in [2.24, 2.45) is 0 Å². The van der Waals surface area contributed by atoms with Crippen LogP contribution < -0.4 is 0 Å². The first kappa shape index (κ1) is 11.1. The zero-order valence-electron chi connectivity index (χ0n) is 9.13. The summed E-state index contributed by atoms with van der Waals surface area (Å²) >= 11 is 0. The number of allylic oxidation sites excluding steroid dienone is 1. The van der Waals surface area contributed by atoms with E-state index in [-0.39, 0.29) is 0 Å². The molecule has 1 rings (SSSR count). The summed E-state index contributed by atoms with van der Waals surface area (Å²) in [5.41, 5.74) is 2.01. The van der Waals surface area contributed by atoms with Crippen LogP contribution in [0, 0.1) is 13.8 Å². The summed E-state index contributed by atoms with van der Waals surface area (Å²) in [6.07, 6.45) is 1.14. The molecule has 1 unspecified atom stereocenters. The highest BCUT2D eigenvalue weighted by Gasteiger charge is 2.13. The lowest BCUT2D eigenvalue weighted by atomic mass is 10.0. The van der Waals surface area contributed by atoms with E-state index in [1.165, 1.54) is 0 Å². The Balaban J connectivity index is 2.64. The molecule has 1 aromatic heterocycles. The SMILES string of the molecule is C=C(C)CCC(O)c1cc(C)oc1C. The van der Waals surface area contributed by atoms with Crippen molar-refractivity contribution in [2.45, 2.75) is 39.7 Å². The van der Waals surface area contributed by atoms with Gasteiger partial charge < -0.3 is 9.52 Å². The van der Waals surface area contributed by atoms with E-state index in [0.717, 1.165) is 35.5 Å². The third-order valence-electron chi connectivity index (χ3n) is 2.28. The third kappa shape index (κ3) is 2.74. The van der Waals surface area contributed by atoms with E-state index < -0.39 is 6.10 Å². The Hall–Kier alpha value is -1.02. The van der Waals surface area contributed by atoms with Gasteiger partial charge in [0.25, 0.3) is 0 Å². The van der Waals surface area contributed by atoms with Crippen LogP contribution in [0.2, 0.25) is 0 Å². The Labute approximate surface area is 85.2 Å². The van der Waals surface area contributed by atoms with Crippen molar-refractivity contribution in [3.8, 4) is 0 Å². The Morgan fingerprint density at radius 3 is 2.64 bits per heavy atom. The monoisotopic (exact) mass is 194 g/mol. The molecule has 2 nitrogen and oxygen atoms in total. The van der Waals surface area contributed by atoms with Gasteiger partial charge in [0.1, 0.15) is 11.5 Å². The van der Waals surface area contributed by atoms with Gasteiger partial charge in [-0.15, -0.1) is 6.58 Å². The maximum atomic E-state index is 9.86. The summed E-state index contributed by atoms with van der Waals surface area (Å²) in [4.78, 5) is 0. The highest BCUT2D eigenvalue weighted by atomic mass is 16.3. The molecule has 0 fully saturated rings. The average Bonchev–Trinajstić information content (AvgIpc) is 2.41. The maximum absolute atomic E-state index is 9.86. The minimum atomic E-state index is -0.427. The molecule has 1 aromatic rings. The van der Waals surface area contributed by atoms with Crippen molar-refractivity contribution in [3.05, 3.63) is 35.3 Å². The highest BCUT2D eigenvalue weighted by molar-refractivity contribution is 5.22. The van der Waals surface area contributed by atoms with Gasteiger partial charge in [0, 0.05) is 5.56 Å². The predicted octanol–water partition coefficient (Wildman–Crippen LogP) is 3.29. The summed E-state index contributed by atoms with van der Waals surface area (Å²) in [6.45, 7) is 9.56. The van der Waals surface area contributed by atoms with Crippen molar-refractivity contribution in [1.29, 1.82) is 0 Å². The molecular weight excluding hydrogens is 176 g/mol. The molecule has 1 heterocycles. The summed E-state index contributed by atoms with van der Waals surface area (Å²) in [7, 11) is 0. The first-order chi connectivity index (χ1) is 6.50. The fourth-order valence-corrected chi connectivity index (χ4v) is 1.52. The van der Waals surface area contributed by atoms with E-state index in [9.17, 15) is 5.11 Å². The molecule has 0 aromatic carbocycles. The Morgan fingerprint density at radius 2 is 2.21 bits per heavy atom. The Bertz CT molecular complexity index is 323. The number of hydrogen-bond donors (Lipinski definition) is 1. The number of rotatable bonds is 4. The molecule has 0 spiro atoms. The molecule has 14 heavy (non-hydrogen) atoms. The zero-order valence-corrected chi connectivity index (χ0v) is 9.13. The van der Waals surface area contributed by atoms with Crippen LogP contribution in [-0.2, 0) is 0 Å². The molecule has 2 heteroatoms. The number of aryl methyl sites for hydroxylation is 2. The molecule has 0 bridgehead atoms. The van der Waals surface area contributed by atoms with Gasteiger partial charge in [0.15, 0.2) is 0 Å². The van der Waals surface area contributed by atoms with Gasteiger partial charge in [0.05, 0.1) is 6.10 Å². The number of furan rings is 1. The van der Waals surface area contributed by atoms with E-state index in [1.807, 2.05) is 26.8 Å². The van der Waals surface area contributed by atoms with Gasteiger partial charge in [-0.3, -0.25) is 0 Å². The van der Waals surface area contributed by atoms with E-state index in [2.05, 4.69) is 6.58 Å². The molecule has 0 aliphatic rings. The van der Waals surface area contributed by atoms with Gasteiger partial charge >= 0.3 is 0 Å². The Morgan fingerprint density at radius 1 is 1.57 bits per heavy atom. The summed E-state index contributed by atoms with van der Waals surface area (Å²) in [6, 6.07) is 1.90. The smallest absolute Gasteiger partial charge is 0.106 e. The molecule has 0 aliphatic carbocycles. The minimum Gasteiger partial charge on any atom is -0.466 e. The molecular formula is C12H18O2. The van der Waals surface area contributed by atoms with Crippen molar-refractivity contribution in [1.82, 2.24) is 0 Å². The zero-order chi connectivity index (χ0) is 10.7. The second-order valence-corrected chi connectivity index (χ2v) is 3.88. The van der Waals surface area contributed by atoms with Crippen LogP contribution in [0.15, 0.2) is 22.6 Å². The summed E-state index contributed by atoms with van der Waals surface area (Å²) < 4.78 is 5.36. The highest BCUT2D eigenvalue weighted by Crippen LogP contribution is 2.25. The fourth-order valence-electron chi connectivity index (χ4n) is 1.52. The first-order valence-corrected chi connectivity index (χ1v) is 4.90. The van der Waals surface area contributed by atoms with Gasteiger partial charge in [-0.1, -0.05) is 5.57 Å². The van der Waals surface area contributed by atoms with E-state index in [1.54, 1.807) is 0 Å². The maximum Gasteiger partial charge on any atom is 0.106 e. The van der Waals surface area contributed by atoms with Crippen LogP contribution in [0.1, 0.15) is 43.0 Å². The van der Waals surface area contributed by atoms with Gasteiger partial charge in [-0.25, -0.2) is 0 Å². The van der Waals surface area contributed by atoms with Crippen LogP contribution in [0.5, 0.6) is 0 Å². The molecule has 1 N–H and O–H groups in total. The second kappa shape index (κ2) is 4.47. The van der Waals surface area contributed by atoms with E-state index >= 15 is 0 Å². The largest absolute Gasteiger partial charge is 0.466 e. The molecule has 0 radical (unpaired) electrons. The quantitative estimate of drug-likeness (QED) is 0.746. The van der Waals surface area contributed by atoms with Crippen LogP contribution in [0.3, 0.4) is 0 Å². The van der Waals surface area contributed by atoms with Crippen LogP contribution >= 0.6 is 0 Å². The normalized spacial score (nSPS) is 12.9. The number of aliphatic hydroxyl groups excluding tert-OH is 1. The topological polar surface area (TPSA) is 33.4 Å². The predicted molar refractivity (Wildman–Crippen MR) is 57.2 cm³/mol. The molecule has 78 valence electrons. The lowest BCUT2D eigenvalue weighted by Gasteiger charge is -2.08. The minimum absolute atomic E-state index is 0.427. The summed E-state index contributed by atoms with van der Waals surface area (Å²) in [5, 5.41) is 9.86. The van der Waals surface area contributed by atoms with E-state index in [0.29, 0.717) is 0 Å². The van der Waals surface area contributed by atoms with Crippen LogP contribution in [0.4, 0.5) is 0 Å². The molecule has 1 atom stereocenters. The van der Waals surface area contributed by atoms with Gasteiger partial charge in [-0.05, 0) is 39.7 Å². The Kier molecular flexibility index (Phi) is 3.53. The molecule has 0 amide bonds. The number of hydrogen-bond acceptors (Lipinski definition) is 2. The lowest BCUT2D eigenvalue weighted by Crippen LogP contribution is -1.97. The van der Waals surface area contributed by atoms with Crippen LogP contribution in [-0.4, -0.2) is 5.11 Å². The fraction of sp³-hybridized carbons (Fsp3) is 0.500. The standard InChI is InChI=1S/C12H18O2/c1-8(2)5-6-12(13)11-7-9(3)14-10(11)4/h7,12-13H,1,5-6H2,2-4H3. The van der Waals surface area contributed by atoms with Crippen LogP contribution in [0.25, 0.3) is 0 Å². The molecule has 0 aliphatic heterocycles. The van der Waals surface area contributed by atoms with Crippen molar-refractivity contribution in [3.63, 3.8) is 0 Å². The van der Waals surface area contributed by atoms with Crippen molar-refractivity contribution < 1.29 is 9.52 Å². The summed E-state index contributed by atoms with van der Waals surface area (Å²) in [5.74, 6) is 1.67. The second-order valence-electron chi connectivity index (χ2n) is 3.88. The first-order valence-electron chi connectivity index (χ1n) is 4.90. The van der Waals surface area contributed by atoms with E-state index in [4.69, 9.17) is 4.42 Å². The van der Waals surface area contributed by atoms with Gasteiger partial charge in [0.2, 0.25) is 0 Å². The molecule has 0 saturated carbocycles. The molecule has 0 saturated heterocycles. The number of aliphatic hydroxyl groups is 1. The third-order valence-corrected chi connectivity index (χ3v) is 2.28. The average molecular weight is 194 g/mol. The van der Waals surface area contributed by atoms with Gasteiger partial charge in [-0.2, -0.15) is 0 Å². The van der Waals surface area contributed by atoms with Crippen molar-refractivity contribution >= 4 is 0 Å². The lowest BCUT2D eigenvalue weighted by molar-refractivity contribution is 0.166.